The van der Waals surface area contributed by atoms with E-state index in [0.29, 0.717) is 17.7 Å². The summed E-state index contributed by atoms with van der Waals surface area (Å²) in [6, 6.07) is 6.67. The molecule has 29 heavy (non-hydrogen) atoms. The van der Waals surface area contributed by atoms with Crippen LogP contribution < -0.4 is 10.1 Å². The Kier molecular flexibility index (Phi) is 8.05. The topological polar surface area (TPSA) is 105 Å². The van der Waals surface area contributed by atoms with Crippen LogP contribution in [0, 0.1) is 17.8 Å². The number of carbonyl (C=O) groups is 2. The van der Waals surface area contributed by atoms with E-state index in [-0.39, 0.29) is 30.9 Å². The van der Waals surface area contributed by atoms with Gasteiger partial charge in [-0.25, -0.2) is 4.79 Å². The van der Waals surface area contributed by atoms with Gasteiger partial charge in [0.1, 0.15) is 11.4 Å². The number of rotatable bonds is 8. The first-order chi connectivity index (χ1) is 13.7. The standard InChI is InChI=1S/C22H33NO6/c1-14(2)18-9-8-15(3)11-22(18,27)21(26)23-12-19(24)16-6-5-7-17(10-16)29-13-20(25)28-4/h5-7,10,14-15,18-19,24,27H,8-9,11-13H2,1-4H3,(H,23,26)/t15-,18+,19?,22+/m1/s1. The number of nitrogens with one attached hydrogen (secondary N) is 1. The third-order valence-corrected chi connectivity index (χ3v) is 5.72. The normalized spacial score (nSPS) is 25.3. The zero-order valence-electron chi connectivity index (χ0n) is 17.7. The molecule has 2 rings (SSSR count). The molecule has 1 amide bonds. The second-order valence-corrected chi connectivity index (χ2v) is 8.32. The van der Waals surface area contributed by atoms with Gasteiger partial charge in [-0.2, -0.15) is 0 Å². The molecule has 1 saturated carbocycles. The third kappa shape index (κ3) is 5.93. The van der Waals surface area contributed by atoms with Gasteiger partial charge in [-0.3, -0.25) is 4.79 Å². The number of ether oxygens (including phenoxy) is 2. The van der Waals surface area contributed by atoms with E-state index in [9.17, 15) is 19.8 Å². The molecule has 3 N–H and O–H groups in total. The van der Waals surface area contributed by atoms with E-state index in [1.165, 1.54) is 7.11 Å². The fourth-order valence-corrected chi connectivity index (χ4v) is 4.11. The SMILES string of the molecule is COC(=O)COc1cccc(C(O)CNC(=O)[C@]2(O)C[C@H](C)CC[C@H]2C(C)C)c1. The Morgan fingerprint density at radius 1 is 1.31 bits per heavy atom. The highest BCUT2D eigenvalue weighted by Gasteiger charge is 2.48. The number of amides is 1. The molecule has 162 valence electrons. The van der Waals surface area contributed by atoms with Gasteiger partial charge >= 0.3 is 5.97 Å². The van der Waals surface area contributed by atoms with E-state index in [4.69, 9.17) is 4.74 Å². The second-order valence-electron chi connectivity index (χ2n) is 8.32. The number of benzene rings is 1. The number of methoxy groups -OCH3 is 1. The van der Waals surface area contributed by atoms with E-state index < -0.39 is 23.6 Å². The zero-order valence-corrected chi connectivity index (χ0v) is 17.7. The van der Waals surface area contributed by atoms with Gasteiger partial charge in [0.2, 0.25) is 0 Å². The summed E-state index contributed by atoms with van der Waals surface area (Å²) < 4.78 is 9.86. The summed E-state index contributed by atoms with van der Waals surface area (Å²) in [6.07, 6.45) is 1.27. The lowest BCUT2D eigenvalue weighted by Crippen LogP contribution is -2.56. The van der Waals surface area contributed by atoms with Crippen molar-refractivity contribution in [2.45, 2.75) is 51.7 Å². The Balaban J connectivity index is 1.99. The molecular formula is C22H33NO6. The summed E-state index contributed by atoms with van der Waals surface area (Å²) >= 11 is 0. The molecule has 0 radical (unpaired) electrons. The lowest BCUT2D eigenvalue weighted by Gasteiger charge is -2.43. The Morgan fingerprint density at radius 2 is 2.03 bits per heavy atom. The molecule has 0 aromatic heterocycles. The molecule has 0 aliphatic heterocycles. The van der Waals surface area contributed by atoms with Gasteiger partial charge in [0.25, 0.3) is 5.91 Å². The summed E-state index contributed by atoms with van der Waals surface area (Å²) in [5.41, 5.74) is -0.881. The van der Waals surface area contributed by atoms with Crippen LogP contribution >= 0.6 is 0 Å². The van der Waals surface area contributed by atoms with E-state index in [2.05, 4.69) is 10.1 Å². The van der Waals surface area contributed by atoms with Crippen molar-refractivity contribution in [1.82, 2.24) is 5.32 Å². The maximum Gasteiger partial charge on any atom is 0.343 e. The molecule has 1 fully saturated rings. The summed E-state index contributed by atoms with van der Waals surface area (Å²) in [4.78, 5) is 24.0. The lowest BCUT2D eigenvalue weighted by molar-refractivity contribution is -0.156. The zero-order chi connectivity index (χ0) is 21.6. The largest absolute Gasteiger partial charge is 0.482 e. The van der Waals surface area contributed by atoms with Gasteiger partial charge in [-0.1, -0.05) is 39.3 Å². The van der Waals surface area contributed by atoms with Gasteiger partial charge in [0.05, 0.1) is 13.2 Å². The number of hydrogen-bond acceptors (Lipinski definition) is 6. The van der Waals surface area contributed by atoms with Gasteiger partial charge < -0.3 is 25.0 Å². The summed E-state index contributed by atoms with van der Waals surface area (Å²) in [5, 5.41) is 24.4. The van der Waals surface area contributed by atoms with Crippen LogP contribution in [-0.4, -0.2) is 48.0 Å². The van der Waals surface area contributed by atoms with Crippen LogP contribution in [0.4, 0.5) is 0 Å². The molecule has 1 aromatic carbocycles. The monoisotopic (exact) mass is 407 g/mol. The van der Waals surface area contributed by atoms with Crippen LogP contribution in [0.1, 0.15) is 51.7 Å². The first kappa shape index (κ1) is 23.2. The van der Waals surface area contributed by atoms with Crippen LogP contribution in [0.3, 0.4) is 0 Å². The Morgan fingerprint density at radius 3 is 2.69 bits per heavy atom. The maximum atomic E-state index is 12.8. The Labute approximate surface area is 172 Å². The van der Waals surface area contributed by atoms with Crippen LogP contribution in [0.2, 0.25) is 0 Å². The summed E-state index contributed by atoms with van der Waals surface area (Å²) in [7, 11) is 1.28. The molecule has 4 atom stereocenters. The Bertz CT molecular complexity index is 706. The number of aliphatic hydroxyl groups excluding tert-OH is 1. The minimum atomic E-state index is -1.42. The predicted molar refractivity (Wildman–Crippen MR) is 108 cm³/mol. The van der Waals surface area contributed by atoms with Gasteiger partial charge in [0.15, 0.2) is 6.61 Å². The van der Waals surface area contributed by atoms with Gasteiger partial charge in [-0.15, -0.1) is 0 Å². The van der Waals surface area contributed by atoms with Crippen molar-refractivity contribution >= 4 is 11.9 Å². The minimum Gasteiger partial charge on any atom is -0.482 e. The summed E-state index contributed by atoms with van der Waals surface area (Å²) in [6.45, 7) is 5.83. The first-order valence-electron chi connectivity index (χ1n) is 10.2. The number of carbonyl (C=O) groups excluding carboxylic acids is 2. The van der Waals surface area contributed by atoms with Crippen molar-refractivity contribution in [2.24, 2.45) is 17.8 Å². The molecule has 7 nitrogen and oxygen atoms in total. The van der Waals surface area contributed by atoms with Crippen molar-refractivity contribution in [2.75, 3.05) is 20.3 Å². The van der Waals surface area contributed by atoms with Crippen molar-refractivity contribution < 1.29 is 29.3 Å². The van der Waals surface area contributed by atoms with Crippen LogP contribution in [0.15, 0.2) is 24.3 Å². The molecule has 0 bridgehead atoms. The molecule has 1 aliphatic rings. The van der Waals surface area contributed by atoms with Crippen molar-refractivity contribution in [3.05, 3.63) is 29.8 Å². The number of aliphatic hydroxyl groups is 2. The number of esters is 1. The van der Waals surface area contributed by atoms with Gasteiger partial charge in [-0.05, 0) is 48.3 Å². The summed E-state index contributed by atoms with van der Waals surface area (Å²) in [5.74, 6) is -0.164. The highest BCUT2D eigenvalue weighted by molar-refractivity contribution is 5.85. The smallest absolute Gasteiger partial charge is 0.343 e. The van der Waals surface area contributed by atoms with Crippen LogP contribution in [0.25, 0.3) is 0 Å². The first-order valence-corrected chi connectivity index (χ1v) is 10.2. The van der Waals surface area contributed by atoms with Gasteiger partial charge in [0, 0.05) is 6.54 Å². The fraction of sp³-hybridized carbons (Fsp3) is 0.636. The Hall–Kier alpha value is -2.12. The van der Waals surface area contributed by atoms with Crippen molar-refractivity contribution in [3.63, 3.8) is 0 Å². The third-order valence-electron chi connectivity index (χ3n) is 5.72. The lowest BCUT2D eigenvalue weighted by atomic mass is 9.66. The average molecular weight is 408 g/mol. The van der Waals surface area contributed by atoms with Crippen LogP contribution in [-0.2, 0) is 14.3 Å². The number of hydrogen-bond donors (Lipinski definition) is 3. The molecular weight excluding hydrogens is 374 g/mol. The molecule has 0 saturated heterocycles. The molecule has 0 heterocycles. The van der Waals surface area contributed by atoms with Crippen molar-refractivity contribution in [1.29, 1.82) is 0 Å². The van der Waals surface area contributed by atoms with E-state index in [1.807, 2.05) is 20.8 Å². The molecule has 0 spiro atoms. The van der Waals surface area contributed by atoms with E-state index in [0.717, 1.165) is 12.8 Å². The quantitative estimate of drug-likeness (QED) is 0.571. The van der Waals surface area contributed by atoms with E-state index in [1.54, 1.807) is 24.3 Å². The maximum absolute atomic E-state index is 12.8. The highest BCUT2D eigenvalue weighted by atomic mass is 16.6. The second kappa shape index (κ2) is 10.1. The molecule has 1 unspecified atom stereocenters. The highest BCUT2D eigenvalue weighted by Crippen LogP contribution is 2.41. The molecule has 7 heteroatoms. The average Bonchev–Trinajstić information content (AvgIpc) is 2.69. The predicted octanol–water partition coefficient (Wildman–Crippen LogP) is 2.21. The molecule has 1 aliphatic carbocycles. The van der Waals surface area contributed by atoms with E-state index >= 15 is 0 Å². The fourth-order valence-electron chi connectivity index (χ4n) is 4.11. The van der Waals surface area contributed by atoms with Crippen LogP contribution in [0.5, 0.6) is 5.75 Å². The van der Waals surface area contributed by atoms with Crippen molar-refractivity contribution in [3.8, 4) is 5.75 Å². The molecule has 1 aromatic rings. The minimum absolute atomic E-state index is 0.0270.